The number of nitrogens with zero attached hydrogens (tertiary/aromatic N) is 2. The van der Waals surface area contributed by atoms with Crippen LogP contribution in [0.15, 0.2) is 18.2 Å². The van der Waals surface area contributed by atoms with Gasteiger partial charge < -0.3 is 14.3 Å². The largest absolute Gasteiger partial charge is 0.494 e. The summed E-state index contributed by atoms with van der Waals surface area (Å²) in [5.74, 6) is 0.753. The Morgan fingerprint density at radius 2 is 1.96 bits per heavy atom. The molecule has 0 radical (unpaired) electrons. The molecule has 0 amide bonds. The molecule has 2 aliphatic heterocycles. The van der Waals surface area contributed by atoms with Gasteiger partial charge >= 0.3 is 7.12 Å². The molecule has 0 saturated carbocycles. The monoisotopic (exact) mass is 328 g/mol. The minimum atomic E-state index is -0.395. The minimum absolute atomic E-state index is 0.155. The van der Waals surface area contributed by atoms with Gasteiger partial charge in [0.15, 0.2) is 12.4 Å². The van der Waals surface area contributed by atoms with Crippen molar-refractivity contribution in [3.63, 3.8) is 0 Å². The highest BCUT2D eigenvalue weighted by Crippen LogP contribution is 2.36. The molecule has 6 nitrogen and oxygen atoms in total. The third-order valence-electron chi connectivity index (χ3n) is 5.57. The Morgan fingerprint density at radius 1 is 1.25 bits per heavy atom. The average molecular weight is 328 g/mol. The first-order valence-electron chi connectivity index (χ1n) is 8.56. The van der Waals surface area contributed by atoms with Gasteiger partial charge in [0, 0.05) is 22.5 Å². The van der Waals surface area contributed by atoms with Crippen LogP contribution in [0.1, 0.15) is 52.4 Å². The van der Waals surface area contributed by atoms with Gasteiger partial charge in [0.1, 0.15) is 0 Å². The summed E-state index contributed by atoms with van der Waals surface area (Å²) in [4.78, 5) is 19.8. The third-order valence-corrected chi connectivity index (χ3v) is 5.57. The number of fused-ring (bicyclic) bond motifs is 1. The van der Waals surface area contributed by atoms with Gasteiger partial charge in [0.25, 0.3) is 6.04 Å². The van der Waals surface area contributed by atoms with Crippen molar-refractivity contribution in [3.05, 3.63) is 28.9 Å². The van der Waals surface area contributed by atoms with E-state index >= 15 is 0 Å². The van der Waals surface area contributed by atoms with E-state index in [1.165, 1.54) is 0 Å². The van der Waals surface area contributed by atoms with E-state index in [0.29, 0.717) is 6.54 Å². The fourth-order valence-electron chi connectivity index (χ4n) is 3.34. The van der Waals surface area contributed by atoms with Crippen LogP contribution in [0.2, 0.25) is 0 Å². The number of hydrogen-bond donors (Lipinski definition) is 1. The number of hydrogen-bond acceptors (Lipinski definition) is 4. The predicted octanol–water partition coefficient (Wildman–Crippen LogP) is 2.48. The molecule has 3 heterocycles. The molecule has 1 unspecified atom stereocenters. The van der Waals surface area contributed by atoms with Crippen LogP contribution in [0.4, 0.5) is 0 Å². The van der Waals surface area contributed by atoms with Gasteiger partial charge in [0.05, 0.1) is 22.2 Å². The van der Waals surface area contributed by atoms with Crippen molar-refractivity contribution in [1.29, 1.82) is 0 Å². The third kappa shape index (κ3) is 2.38. The van der Waals surface area contributed by atoms with Gasteiger partial charge in [-0.1, -0.05) is 6.07 Å². The number of H-pyrrole nitrogens is 1. The highest BCUT2D eigenvalue weighted by atomic mass is 16.7. The normalized spacial score (nSPS) is 25.8. The van der Waals surface area contributed by atoms with Crippen LogP contribution in [0.3, 0.4) is 0 Å². The number of imidazole rings is 1. The van der Waals surface area contributed by atoms with Crippen LogP contribution in [0, 0.1) is 4.91 Å². The first kappa shape index (κ1) is 15.8. The Morgan fingerprint density at radius 3 is 2.58 bits per heavy atom. The molecular weight excluding hydrogens is 305 g/mol. The first-order valence-corrected chi connectivity index (χ1v) is 8.56. The maximum atomic E-state index is 11.9. The van der Waals surface area contributed by atoms with Crippen molar-refractivity contribution in [3.8, 4) is 0 Å². The molecule has 0 bridgehead atoms. The number of nitroso groups, excluding NO2 is 1. The molecule has 2 aromatic rings. The predicted molar refractivity (Wildman–Crippen MR) is 92.3 cm³/mol. The zero-order valence-corrected chi connectivity index (χ0v) is 14.6. The summed E-state index contributed by atoms with van der Waals surface area (Å²) in [6.07, 6.45) is 1.78. The molecule has 0 spiro atoms. The van der Waals surface area contributed by atoms with Gasteiger partial charge in [-0.25, -0.2) is 4.98 Å². The van der Waals surface area contributed by atoms with Crippen LogP contribution < -0.4 is 5.46 Å². The standard InChI is InChI=1S/C17H23BN3O3/c1-16(2)17(3,4)24-18(23-16)11-7-8-12-13(10-11)20-15(19-12)14-6-5-9-21(14)22/h7-8,10,14H,5-6,9H2,1-4H3,(H,19,20)/q+1. The van der Waals surface area contributed by atoms with Crippen molar-refractivity contribution >= 4 is 23.6 Å². The minimum Gasteiger partial charge on any atom is -0.399 e. The zero-order chi connectivity index (χ0) is 17.1. The molecule has 0 aliphatic carbocycles. The van der Waals surface area contributed by atoms with Crippen LogP contribution in [-0.4, -0.2) is 39.6 Å². The molecular formula is C17H23BN3O3+. The van der Waals surface area contributed by atoms with E-state index < -0.39 is 7.12 Å². The Bertz CT molecular complexity index is 799. The number of nitrogens with one attached hydrogen (secondary N) is 1. The van der Waals surface area contributed by atoms with E-state index in [0.717, 1.165) is 39.9 Å². The molecule has 2 aliphatic rings. The van der Waals surface area contributed by atoms with E-state index in [1.807, 2.05) is 45.9 Å². The molecule has 1 aromatic heterocycles. The second-order valence-electron chi connectivity index (χ2n) is 7.79. The quantitative estimate of drug-likeness (QED) is 0.679. The summed E-state index contributed by atoms with van der Waals surface area (Å²) in [7, 11) is -0.395. The molecule has 7 heteroatoms. The number of aromatic nitrogens is 2. The second-order valence-corrected chi connectivity index (χ2v) is 7.79. The molecule has 24 heavy (non-hydrogen) atoms. The number of rotatable bonds is 2. The Labute approximate surface area is 141 Å². The van der Waals surface area contributed by atoms with Gasteiger partial charge in [0.2, 0.25) is 0 Å². The summed E-state index contributed by atoms with van der Waals surface area (Å²) >= 11 is 0. The lowest BCUT2D eigenvalue weighted by Gasteiger charge is -2.32. The van der Waals surface area contributed by atoms with Gasteiger partial charge in [-0.3, -0.25) is 0 Å². The highest BCUT2D eigenvalue weighted by Gasteiger charge is 2.51. The summed E-state index contributed by atoms with van der Waals surface area (Å²) < 4.78 is 13.3. The first-order chi connectivity index (χ1) is 11.3. The summed E-state index contributed by atoms with van der Waals surface area (Å²) in [6.45, 7) is 8.76. The van der Waals surface area contributed by atoms with E-state index in [4.69, 9.17) is 9.31 Å². The smallest absolute Gasteiger partial charge is 0.399 e. The lowest BCUT2D eigenvalue weighted by Crippen LogP contribution is -2.41. The lowest BCUT2D eigenvalue weighted by atomic mass is 9.79. The van der Waals surface area contributed by atoms with Crippen molar-refractivity contribution < 1.29 is 14.1 Å². The van der Waals surface area contributed by atoms with E-state index in [9.17, 15) is 4.91 Å². The van der Waals surface area contributed by atoms with Gasteiger partial charge in [-0.15, -0.1) is 0 Å². The number of aromatic amines is 1. The van der Waals surface area contributed by atoms with Crippen LogP contribution in [-0.2, 0) is 9.31 Å². The fraction of sp³-hybridized carbons (Fsp3) is 0.588. The molecule has 2 saturated heterocycles. The van der Waals surface area contributed by atoms with Gasteiger partial charge in [-0.2, -0.15) is 0 Å². The SMILES string of the molecule is CC1(C)OB(c2ccc3nc(C4CCC[N+]4=O)[nH]c3c2)OC1(C)C. The van der Waals surface area contributed by atoms with Crippen molar-refractivity contribution in [1.82, 2.24) is 9.97 Å². The van der Waals surface area contributed by atoms with Crippen LogP contribution in [0.25, 0.3) is 11.0 Å². The maximum absolute atomic E-state index is 11.9. The summed E-state index contributed by atoms with van der Waals surface area (Å²) in [6, 6.07) is 5.80. The van der Waals surface area contributed by atoms with E-state index in [-0.39, 0.29) is 17.2 Å². The Kier molecular flexibility index (Phi) is 3.38. The van der Waals surface area contributed by atoms with Crippen LogP contribution >= 0.6 is 0 Å². The molecule has 2 fully saturated rings. The highest BCUT2D eigenvalue weighted by molar-refractivity contribution is 6.62. The molecule has 1 aromatic carbocycles. The second kappa shape index (κ2) is 5.13. The zero-order valence-electron chi connectivity index (χ0n) is 14.6. The Hall–Kier alpha value is -1.73. The topological polar surface area (TPSA) is 67.2 Å². The van der Waals surface area contributed by atoms with E-state index in [2.05, 4.69) is 9.97 Å². The summed E-state index contributed by atoms with van der Waals surface area (Å²) in [5.41, 5.74) is 2.02. The van der Waals surface area contributed by atoms with Gasteiger partial charge in [-0.05, 0) is 45.3 Å². The molecule has 4 rings (SSSR count). The van der Waals surface area contributed by atoms with E-state index in [1.54, 1.807) is 0 Å². The van der Waals surface area contributed by atoms with Crippen molar-refractivity contribution in [2.24, 2.45) is 0 Å². The molecule has 1 atom stereocenters. The maximum Gasteiger partial charge on any atom is 0.494 e. The average Bonchev–Trinajstić information content (AvgIpc) is 3.14. The lowest BCUT2D eigenvalue weighted by molar-refractivity contribution is -0.571. The van der Waals surface area contributed by atoms with Crippen molar-refractivity contribution in [2.75, 3.05) is 6.54 Å². The fourth-order valence-corrected chi connectivity index (χ4v) is 3.34. The Balaban J connectivity index is 1.66. The van der Waals surface area contributed by atoms with Crippen LogP contribution in [0.5, 0.6) is 0 Å². The molecule has 1 N–H and O–H groups in total. The summed E-state index contributed by atoms with van der Waals surface area (Å²) in [5, 5.41) is 0. The number of benzene rings is 1. The molecule has 126 valence electrons. The van der Waals surface area contributed by atoms with Crippen molar-refractivity contribution in [2.45, 2.75) is 57.8 Å².